The maximum atomic E-state index is 6.05. The van der Waals surface area contributed by atoms with Gasteiger partial charge in [-0.3, -0.25) is 4.90 Å². The fourth-order valence-corrected chi connectivity index (χ4v) is 3.33. The summed E-state index contributed by atoms with van der Waals surface area (Å²) >= 11 is 5.95. The molecule has 1 aromatic carbocycles. The molecule has 0 aromatic heterocycles. The Kier molecular flexibility index (Phi) is 5.30. The number of anilines is 1. The third-order valence-electron chi connectivity index (χ3n) is 4.84. The van der Waals surface area contributed by atoms with Crippen molar-refractivity contribution in [2.45, 2.75) is 32.2 Å². The highest BCUT2D eigenvalue weighted by Crippen LogP contribution is 2.26. The monoisotopic (exact) mass is 295 g/mol. The first-order chi connectivity index (χ1) is 9.65. The average Bonchev–Trinajstić information content (AvgIpc) is 2.51. The third kappa shape index (κ3) is 3.11. The van der Waals surface area contributed by atoms with Gasteiger partial charge in [0.1, 0.15) is 0 Å². The van der Waals surface area contributed by atoms with E-state index in [0.29, 0.717) is 0 Å². The molecule has 2 N–H and O–H groups in total. The summed E-state index contributed by atoms with van der Waals surface area (Å²) in [6.45, 7) is 9.54. The van der Waals surface area contributed by atoms with E-state index in [4.69, 9.17) is 17.3 Å². The van der Waals surface area contributed by atoms with Crippen LogP contribution in [0.3, 0.4) is 0 Å². The lowest BCUT2D eigenvalue weighted by molar-refractivity contribution is 0.0786. The molecule has 0 radical (unpaired) electrons. The maximum Gasteiger partial charge on any atom is 0.0407 e. The molecule has 20 heavy (non-hydrogen) atoms. The van der Waals surface area contributed by atoms with Crippen LogP contribution in [0.5, 0.6) is 0 Å². The number of rotatable bonds is 5. The van der Waals surface area contributed by atoms with Crippen molar-refractivity contribution in [2.24, 2.45) is 5.73 Å². The molecule has 0 amide bonds. The lowest BCUT2D eigenvalue weighted by atomic mass is 9.90. The van der Waals surface area contributed by atoms with Crippen LogP contribution < -0.4 is 10.6 Å². The summed E-state index contributed by atoms with van der Waals surface area (Å²) in [4.78, 5) is 5.01. The average molecular weight is 296 g/mol. The summed E-state index contributed by atoms with van der Waals surface area (Å²) in [7, 11) is 0. The first kappa shape index (κ1) is 15.6. The van der Waals surface area contributed by atoms with E-state index in [-0.39, 0.29) is 5.54 Å². The zero-order valence-corrected chi connectivity index (χ0v) is 13.4. The lowest BCUT2D eigenvalue weighted by Crippen LogP contribution is -2.59. The molecule has 1 aliphatic rings. The van der Waals surface area contributed by atoms with Gasteiger partial charge in [0, 0.05) is 49.0 Å². The summed E-state index contributed by atoms with van der Waals surface area (Å²) < 4.78 is 0. The van der Waals surface area contributed by atoms with Crippen LogP contribution in [0.4, 0.5) is 5.69 Å². The van der Waals surface area contributed by atoms with Gasteiger partial charge >= 0.3 is 0 Å². The summed E-state index contributed by atoms with van der Waals surface area (Å²) in [5, 5.41) is 0.798. The van der Waals surface area contributed by atoms with Gasteiger partial charge in [-0.05, 0) is 37.1 Å². The van der Waals surface area contributed by atoms with Gasteiger partial charge in [-0.15, -0.1) is 0 Å². The van der Waals surface area contributed by atoms with Crippen molar-refractivity contribution >= 4 is 17.3 Å². The van der Waals surface area contributed by atoms with Crippen molar-refractivity contribution in [3.63, 3.8) is 0 Å². The van der Waals surface area contributed by atoms with Crippen molar-refractivity contribution in [1.82, 2.24) is 4.90 Å². The molecule has 0 unspecified atom stereocenters. The van der Waals surface area contributed by atoms with Crippen LogP contribution in [-0.4, -0.2) is 43.2 Å². The van der Waals surface area contributed by atoms with Crippen LogP contribution in [0.15, 0.2) is 24.3 Å². The first-order valence-electron chi connectivity index (χ1n) is 7.61. The number of halogens is 1. The van der Waals surface area contributed by atoms with Crippen LogP contribution in [0.1, 0.15) is 26.7 Å². The van der Waals surface area contributed by atoms with Crippen LogP contribution in [0, 0.1) is 0 Å². The normalized spacial score (nSPS) is 17.5. The fraction of sp³-hybridized carbons (Fsp3) is 0.625. The second-order valence-corrected chi connectivity index (χ2v) is 6.02. The molecule has 1 saturated heterocycles. The second kappa shape index (κ2) is 6.79. The zero-order valence-electron chi connectivity index (χ0n) is 12.6. The van der Waals surface area contributed by atoms with E-state index in [9.17, 15) is 0 Å². The van der Waals surface area contributed by atoms with Crippen molar-refractivity contribution in [1.29, 1.82) is 0 Å². The van der Waals surface area contributed by atoms with Crippen LogP contribution in [-0.2, 0) is 0 Å². The fourth-order valence-electron chi connectivity index (χ4n) is 3.21. The summed E-state index contributed by atoms with van der Waals surface area (Å²) in [5.74, 6) is 0. The highest BCUT2D eigenvalue weighted by molar-refractivity contribution is 6.30. The van der Waals surface area contributed by atoms with Crippen molar-refractivity contribution < 1.29 is 0 Å². The van der Waals surface area contributed by atoms with Gasteiger partial charge in [-0.2, -0.15) is 0 Å². The molecule has 1 aliphatic heterocycles. The SMILES string of the molecule is CCC(CC)(CN)N1CCN(c2ccc(Cl)cc2)CC1. The molecular weight excluding hydrogens is 270 g/mol. The Labute approximate surface area is 127 Å². The zero-order chi connectivity index (χ0) is 14.6. The van der Waals surface area contributed by atoms with E-state index in [1.807, 2.05) is 12.1 Å². The minimum Gasteiger partial charge on any atom is -0.369 e. The molecule has 2 rings (SSSR count). The van der Waals surface area contributed by atoms with Gasteiger partial charge in [0.2, 0.25) is 0 Å². The van der Waals surface area contributed by atoms with Crippen molar-refractivity contribution in [2.75, 3.05) is 37.6 Å². The Morgan fingerprint density at radius 2 is 1.60 bits per heavy atom. The standard InChI is InChI=1S/C16H26ClN3/c1-3-16(4-2,13-18)20-11-9-19(10-12-20)15-7-5-14(17)6-8-15/h5-8H,3-4,9-13,18H2,1-2H3. The van der Waals surface area contributed by atoms with E-state index in [1.54, 1.807) is 0 Å². The van der Waals surface area contributed by atoms with E-state index in [0.717, 1.165) is 50.6 Å². The van der Waals surface area contributed by atoms with E-state index in [1.165, 1.54) is 5.69 Å². The van der Waals surface area contributed by atoms with Crippen molar-refractivity contribution in [3.8, 4) is 0 Å². The highest BCUT2D eigenvalue weighted by atomic mass is 35.5. The van der Waals surface area contributed by atoms with Crippen molar-refractivity contribution in [3.05, 3.63) is 29.3 Å². The maximum absolute atomic E-state index is 6.05. The first-order valence-corrected chi connectivity index (χ1v) is 7.98. The Morgan fingerprint density at radius 3 is 2.05 bits per heavy atom. The minimum absolute atomic E-state index is 0.187. The summed E-state index contributed by atoms with van der Waals surface area (Å²) in [5.41, 5.74) is 7.50. The lowest BCUT2D eigenvalue weighted by Gasteiger charge is -2.47. The topological polar surface area (TPSA) is 32.5 Å². The smallest absolute Gasteiger partial charge is 0.0407 e. The molecule has 0 bridgehead atoms. The predicted molar refractivity (Wildman–Crippen MR) is 87.6 cm³/mol. The van der Waals surface area contributed by atoms with Gasteiger partial charge < -0.3 is 10.6 Å². The largest absolute Gasteiger partial charge is 0.369 e. The number of hydrogen-bond acceptors (Lipinski definition) is 3. The van der Waals surface area contributed by atoms with Gasteiger partial charge in [0.05, 0.1) is 0 Å². The Bertz CT molecular complexity index is 398. The molecule has 0 atom stereocenters. The van der Waals surface area contributed by atoms with Crippen LogP contribution in [0.2, 0.25) is 5.02 Å². The molecule has 0 saturated carbocycles. The predicted octanol–water partition coefficient (Wildman–Crippen LogP) is 2.98. The number of piperazine rings is 1. The molecular formula is C16H26ClN3. The van der Waals surface area contributed by atoms with Crippen LogP contribution >= 0.6 is 11.6 Å². The van der Waals surface area contributed by atoms with E-state index < -0.39 is 0 Å². The Hall–Kier alpha value is -0.770. The van der Waals surface area contributed by atoms with Crippen LogP contribution in [0.25, 0.3) is 0 Å². The van der Waals surface area contributed by atoms with E-state index in [2.05, 4.69) is 35.8 Å². The Morgan fingerprint density at radius 1 is 1.05 bits per heavy atom. The molecule has 1 fully saturated rings. The minimum atomic E-state index is 0.187. The number of benzene rings is 1. The molecule has 3 nitrogen and oxygen atoms in total. The number of nitrogens with zero attached hydrogens (tertiary/aromatic N) is 2. The molecule has 1 aromatic rings. The van der Waals surface area contributed by atoms with Gasteiger partial charge in [-0.25, -0.2) is 0 Å². The van der Waals surface area contributed by atoms with Gasteiger partial charge in [-0.1, -0.05) is 25.4 Å². The third-order valence-corrected chi connectivity index (χ3v) is 5.09. The number of hydrogen-bond donors (Lipinski definition) is 1. The van der Waals surface area contributed by atoms with Gasteiger partial charge in [0.25, 0.3) is 0 Å². The molecule has 4 heteroatoms. The Balaban J connectivity index is 2.00. The van der Waals surface area contributed by atoms with E-state index >= 15 is 0 Å². The molecule has 0 spiro atoms. The number of nitrogens with two attached hydrogens (primary N) is 1. The van der Waals surface area contributed by atoms with Gasteiger partial charge in [0.15, 0.2) is 0 Å². The highest BCUT2D eigenvalue weighted by Gasteiger charge is 2.34. The second-order valence-electron chi connectivity index (χ2n) is 5.59. The molecule has 1 heterocycles. The molecule has 112 valence electrons. The summed E-state index contributed by atoms with van der Waals surface area (Å²) in [6.07, 6.45) is 2.25. The quantitative estimate of drug-likeness (QED) is 0.906. The molecule has 0 aliphatic carbocycles. The summed E-state index contributed by atoms with van der Waals surface area (Å²) in [6, 6.07) is 8.14.